The Balaban J connectivity index is 1.76. The van der Waals surface area contributed by atoms with Crippen LogP contribution in [-0.2, 0) is 14.3 Å². The van der Waals surface area contributed by atoms with E-state index in [-0.39, 0.29) is 24.6 Å². The molecule has 2 amide bonds. The number of rotatable bonds is 4. The van der Waals surface area contributed by atoms with Crippen LogP contribution >= 0.6 is 0 Å². The van der Waals surface area contributed by atoms with Gasteiger partial charge in [-0.2, -0.15) is 0 Å². The number of nitrogens with one attached hydrogen (secondary N) is 2. The van der Waals surface area contributed by atoms with Crippen molar-refractivity contribution in [1.29, 1.82) is 0 Å². The second kappa shape index (κ2) is 7.31. The van der Waals surface area contributed by atoms with Crippen molar-refractivity contribution in [3.8, 4) is 0 Å². The third kappa shape index (κ3) is 3.67. The maximum absolute atomic E-state index is 12.1. The molecule has 23 heavy (non-hydrogen) atoms. The standard InChI is InChI=1S/C16H25N3O4/c1-2-22-15(20)11-9-17-16(21)18-12(11)10-19-7-8-23-14-6-4-3-5-13(14)19/h13-14H,2-10H2,1H3,(H2,17,18,21)/t13-,14+/m0/s1. The fraction of sp³-hybridized carbons (Fsp3) is 0.750. The van der Waals surface area contributed by atoms with E-state index in [2.05, 4.69) is 15.5 Å². The highest BCUT2D eigenvalue weighted by Gasteiger charge is 2.35. The molecule has 1 saturated heterocycles. The molecule has 3 aliphatic rings. The van der Waals surface area contributed by atoms with Gasteiger partial charge < -0.3 is 20.1 Å². The van der Waals surface area contributed by atoms with E-state index in [0.717, 1.165) is 19.4 Å². The van der Waals surface area contributed by atoms with E-state index in [0.29, 0.717) is 37.1 Å². The van der Waals surface area contributed by atoms with Crippen molar-refractivity contribution in [2.75, 3.05) is 32.8 Å². The second-order valence-electron chi connectivity index (χ2n) is 6.22. The number of fused-ring (bicyclic) bond motifs is 1. The van der Waals surface area contributed by atoms with Gasteiger partial charge in [0.2, 0.25) is 0 Å². The first-order valence-corrected chi connectivity index (χ1v) is 8.48. The number of urea groups is 1. The molecule has 0 aromatic heterocycles. The van der Waals surface area contributed by atoms with E-state index in [1.165, 1.54) is 12.8 Å². The summed E-state index contributed by atoms with van der Waals surface area (Å²) in [7, 11) is 0. The van der Waals surface area contributed by atoms with Gasteiger partial charge in [0.25, 0.3) is 0 Å². The Morgan fingerprint density at radius 1 is 1.39 bits per heavy atom. The topological polar surface area (TPSA) is 79.9 Å². The quantitative estimate of drug-likeness (QED) is 0.747. The van der Waals surface area contributed by atoms with Crippen LogP contribution in [0.2, 0.25) is 0 Å². The van der Waals surface area contributed by atoms with Gasteiger partial charge in [0.1, 0.15) is 0 Å². The van der Waals surface area contributed by atoms with Gasteiger partial charge in [-0.3, -0.25) is 4.90 Å². The largest absolute Gasteiger partial charge is 0.463 e. The van der Waals surface area contributed by atoms with Crippen LogP contribution in [0.3, 0.4) is 0 Å². The molecular formula is C16H25N3O4. The second-order valence-corrected chi connectivity index (χ2v) is 6.22. The summed E-state index contributed by atoms with van der Waals surface area (Å²) >= 11 is 0. The minimum atomic E-state index is -0.358. The fourth-order valence-electron chi connectivity index (χ4n) is 3.66. The molecule has 7 heteroatoms. The molecule has 2 atom stereocenters. The van der Waals surface area contributed by atoms with Crippen LogP contribution in [-0.4, -0.2) is 61.9 Å². The minimum Gasteiger partial charge on any atom is -0.463 e. The number of hydrogen-bond acceptors (Lipinski definition) is 5. The Morgan fingerprint density at radius 3 is 3.04 bits per heavy atom. The summed E-state index contributed by atoms with van der Waals surface area (Å²) in [5.41, 5.74) is 1.18. The van der Waals surface area contributed by atoms with Crippen LogP contribution in [0.25, 0.3) is 0 Å². The van der Waals surface area contributed by atoms with Crippen molar-refractivity contribution < 1.29 is 19.1 Å². The molecule has 0 radical (unpaired) electrons. The predicted molar refractivity (Wildman–Crippen MR) is 83.8 cm³/mol. The Hall–Kier alpha value is -1.60. The Morgan fingerprint density at radius 2 is 2.22 bits per heavy atom. The molecule has 0 spiro atoms. The molecule has 0 aromatic rings. The van der Waals surface area contributed by atoms with E-state index in [1.54, 1.807) is 6.92 Å². The molecule has 2 aliphatic heterocycles. The third-order valence-corrected chi connectivity index (χ3v) is 4.78. The van der Waals surface area contributed by atoms with E-state index in [1.807, 2.05) is 0 Å². The van der Waals surface area contributed by atoms with Crippen LogP contribution in [0.5, 0.6) is 0 Å². The number of amides is 2. The molecule has 2 fully saturated rings. The van der Waals surface area contributed by atoms with Gasteiger partial charge in [0, 0.05) is 24.8 Å². The van der Waals surface area contributed by atoms with Gasteiger partial charge in [0.05, 0.1) is 31.4 Å². The normalized spacial score (nSPS) is 28.7. The van der Waals surface area contributed by atoms with E-state index in [4.69, 9.17) is 9.47 Å². The molecule has 2 heterocycles. The summed E-state index contributed by atoms with van der Waals surface area (Å²) < 4.78 is 11.0. The lowest BCUT2D eigenvalue weighted by atomic mass is 9.90. The number of carbonyl (C=O) groups is 2. The first kappa shape index (κ1) is 16.3. The molecule has 7 nitrogen and oxygen atoms in total. The van der Waals surface area contributed by atoms with Crippen molar-refractivity contribution >= 4 is 12.0 Å². The maximum Gasteiger partial charge on any atom is 0.337 e. The van der Waals surface area contributed by atoms with Crippen molar-refractivity contribution in [1.82, 2.24) is 15.5 Å². The highest BCUT2D eigenvalue weighted by atomic mass is 16.5. The summed E-state index contributed by atoms with van der Waals surface area (Å²) in [4.78, 5) is 26.1. The lowest BCUT2D eigenvalue weighted by Gasteiger charge is -2.44. The maximum atomic E-state index is 12.1. The van der Waals surface area contributed by atoms with Crippen LogP contribution in [0.15, 0.2) is 11.3 Å². The Labute approximate surface area is 136 Å². The van der Waals surface area contributed by atoms with E-state index < -0.39 is 0 Å². The summed E-state index contributed by atoms with van der Waals surface area (Å²) in [5, 5.41) is 5.44. The van der Waals surface area contributed by atoms with Gasteiger partial charge in [0.15, 0.2) is 0 Å². The minimum absolute atomic E-state index is 0.221. The smallest absolute Gasteiger partial charge is 0.337 e. The van der Waals surface area contributed by atoms with Crippen molar-refractivity contribution in [2.24, 2.45) is 0 Å². The first-order valence-electron chi connectivity index (χ1n) is 8.48. The SMILES string of the molecule is CCOC(=O)C1=C(CN2CCO[C@@H]3CCCC[C@@H]32)NC(=O)NC1. The zero-order valence-electron chi connectivity index (χ0n) is 13.6. The van der Waals surface area contributed by atoms with Gasteiger partial charge in [-0.15, -0.1) is 0 Å². The summed E-state index contributed by atoms with van der Waals surface area (Å²) in [6, 6.07) is 0.113. The van der Waals surface area contributed by atoms with Gasteiger partial charge in [-0.05, 0) is 19.8 Å². The zero-order valence-corrected chi connectivity index (χ0v) is 13.6. The molecule has 128 valence electrons. The van der Waals surface area contributed by atoms with Gasteiger partial charge >= 0.3 is 12.0 Å². The van der Waals surface area contributed by atoms with Crippen molar-refractivity contribution in [3.05, 3.63) is 11.3 Å². The molecule has 0 bridgehead atoms. The molecule has 0 aromatic carbocycles. The van der Waals surface area contributed by atoms with E-state index >= 15 is 0 Å². The number of ether oxygens (including phenoxy) is 2. The van der Waals surface area contributed by atoms with Gasteiger partial charge in [-0.1, -0.05) is 12.8 Å². The van der Waals surface area contributed by atoms with Crippen LogP contribution in [0.1, 0.15) is 32.6 Å². The first-order chi connectivity index (χ1) is 11.2. The molecule has 2 N–H and O–H groups in total. The molecular weight excluding hydrogens is 298 g/mol. The monoisotopic (exact) mass is 323 g/mol. The number of esters is 1. The summed E-state index contributed by atoms with van der Waals surface area (Å²) in [6.07, 6.45) is 4.91. The van der Waals surface area contributed by atoms with E-state index in [9.17, 15) is 9.59 Å². The lowest BCUT2D eigenvalue weighted by molar-refractivity contribution is -0.138. The number of hydrogen-bond donors (Lipinski definition) is 2. The van der Waals surface area contributed by atoms with Gasteiger partial charge in [-0.25, -0.2) is 9.59 Å². The third-order valence-electron chi connectivity index (χ3n) is 4.78. The molecule has 3 rings (SSSR count). The van der Waals surface area contributed by atoms with Crippen molar-refractivity contribution in [3.63, 3.8) is 0 Å². The highest BCUT2D eigenvalue weighted by Crippen LogP contribution is 2.29. The zero-order chi connectivity index (χ0) is 16.2. The molecule has 0 unspecified atom stereocenters. The van der Waals surface area contributed by atoms with Crippen LogP contribution < -0.4 is 10.6 Å². The Kier molecular flexibility index (Phi) is 5.17. The van der Waals surface area contributed by atoms with Crippen LogP contribution in [0, 0.1) is 0 Å². The number of nitrogens with zero attached hydrogens (tertiary/aromatic N) is 1. The average Bonchev–Trinajstić information content (AvgIpc) is 2.55. The average molecular weight is 323 g/mol. The summed E-state index contributed by atoms with van der Waals surface area (Å²) in [5.74, 6) is -0.358. The number of carbonyl (C=O) groups excluding carboxylic acids is 2. The lowest BCUT2D eigenvalue weighted by Crippen LogP contribution is -2.55. The fourth-order valence-corrected chi connectivity index (χ4v) is 3.66. The number of morpholine rings is 1. The summed E-state index contributed by atoms with van der Waals surface area (Å²) in [6.45, 7) is 4.41. The molecule has 1 aliphatic carbocycles. The Bertz CT molecular complexity index is 504. The van der Waals surface area contributed by atoms with Crippen molar-refractivity contribution in [2.45, 2.75) is 44.8 Å². The predicted octanol–water partition coefficient (Wildman–Crippen LogP) is 0.760. The van der Waals surface area contributed by atoms with Crippen LogP contribution in [0.4, 0.5) is 4.79 Å². The highest BCUT2D eigenvalue weighted by molar-refractivity contribution is 5.93. The molecule has 1 saturated carbocycles.